The van der Waals surface area contributed by atoms with Crippen LogP contribution in [-0.4, -0.2) is 38.5 Å². The number of imidazole rings is 1. The van der Waals surface area contributed by atoms with Crippen molar-refractivity contribution in [1.29, 1.82) is 0 Å². The summed E-state index contributed by atoms with van der Waals surface area (Å²) in [5.74, 6) is -1.29. The summed E-state index contributed by atoms with van der Waals surface area (Å²) in [6.45, 7) is 0.393. The molecule has 18 heavy (non-hydrogen) atoms. The van der Waals surface area contributed by atoms with Crippen molar-refractivity contribution in [2.24, 2.45) is 0 Å². The second kappa shape index (κ2) is 5.41. The topological polar surface area (TPSA) is 108 Å². The maximum absolute atomic E-state index is 11.5. The SMILES string of the molecule is O=C(O)c1csc(CCNC(=O)c2cnc[nH]2)n1. The summed E-state index contributed by atoms with van der Waals surface area (Å²) in [5.41, 5.74) is 0.426. The lowest BCUT2D eigenvalue weighted by Crippen LogP contribution is -2.25. The van der Waals surface area contributed by atoms with E-state index in [9.17, 15) is 9.59 Å². The summed E-state index contributed by atoms with van der Waals surface area (Å²) in [4.78, 5) is 32.5. The number of thiazole rings is 1. The number of carbonyl (C=O) groups excluding carboxylic acids is 1. The van der Waals surface area contributed by atoms with Crippen LogP contribution in [0, 0.1) is 0 Å². The third-order valence-corrected chi connectivity index (χ3v) is 3.05. The molecule has 0 aliphatic heterocycles. The lowest BCUT2D eigenvalue weighted by molar-refractivity contribution is 0.0690. The zero-order chi connectivity index (χ0) is 13.0. The Hall–Kier alpha value is -2.22. The molecule has 0 aromatic carbocycles. The largest absolute Gasteiger partial charge is 0.476 e. The molecule has 94 valence electrons. The van der Waals surface area contributed by atoms with Gasteiger partial charge in [0, 0.05) is 18.3 Å². The second-order valence-corrected chi connectivity index (χ2v) is 4.35. The van der Waals surface area contributed by atoms with Crippen LogP contribution in [0.3, 0.4) is 0 Å². The van der Waals surface area contributed by atoms with E-state index in [4.69, 9.17) is 5.11 Å². The normalized spacial score (nSPS) is 10.2. The maximum atomic E-state index is 11.5. The molecule has 0 spiro atoms. The molecule has 0 saturated carbocycles. The van der Waals surface area contributed by atoms with Crippen molar-refractivity contribution in [3.05, 3.63) is 34.3 Å². The molecule has 0 atom stereocenters. The van der Waals surface area contributed by atoms with Gasteiger partial charge in [-0.2, -0.15) is 0 Å². The molecule has 3 N–H and O–H groups in total. The van der Waals surface area contributed by atoms with Gasteiger partial charge in [-0.1, -0.05) is 0 Å². The number of aromatic nitrogens is 3. The minimum Gasteiger partial charge on any atom is -0.476 e. The van der Waals surface area contributed by atoms with Gasteiger partial charge in [0.1, 0.15) is 5.69 Å². The van der Waals surface area contributed by atoms with Crippen LogP contribution in [0.4, 0.5) is 0 Å². The first kappa shape index (κ1) is 12.2. The molecule has 0 radical (unpaired) electrons. The number of hydrogen-bond acceptors (Lipinski definition) is 5. The summed E-state index contributed by atoms with van der Waals surface area (Å²) in [6.07, 6.45) is 3.36. The van der Waals surface area contributed by atoms with Crippen molar-refractivity contribution >= 4 is 23.2 Å². The molecular weight excluding hydrogens is 256 g/mol. The maximum Gasteiger partial charge on any atom is 0.355 e. The third-order valence-electron chi connectivity index (χ3n) is 2.14. The summed E-state index contributed by atoms with van der Waals surface area (Å²) in [6, 6.07) is 0. The first-order valence-corrected chi connectivity index (χ1v) is 5.99. The Morgan fingerprint density at radius 3 is 2.94 bits per heavy atom. The molecule has 0 aliphatic rings. The number of rotatable bonds is 5. The Morgan fingerprint density at radius 1 is 1.50 bits per heavy atom. The number of carbonyl (C=O) groups is 2. The van der Waals surface area contributed by atoms with E-state index in [1.165, 1.54) is 29.2 Å². The predicted molar refractivity (Wildman–Crippen MR) is 63.7 cm³/mol. The molecule has 0 unspecified atom stereocenters. The minimum atomic E-state index is -1.04. The average Bonchev–Trinajstić information content (AvgIpc) is 3.00. The number of aromatic amines is 1. The number of carboxylic acid groups (broad SMARTS) is 1. The zero-order valence-corrected chi connectivity index (χ0v) is 10.0. The number of nitrogens with zero attached hydrogens (tertiary/aromatic N) is 2. The molecule has 0 saturated heterocycles. The number of hydrogen-bond donors (Lipinski definition) is 3. The Morgan fingerprint density at radius 2 is 2.33 bits per heavy atom. The van der Waals surface area contributed by atoms with E-state index in [0.29, 0.717) is 23.7 Å². The number of amides is 1. The minimum absolute atomic E-state index is 0.0369. The van der Waals surface area contributed by atoms with Gasteiger partial charge in [-0.15, -0.1) is 11.3 Å². The van der Waals surface area contributed by atoms with E-state index in [1.807, 2.05) is 0 Å². The highest BCUT2D eigenvalue weighted by molar-refractivity contribution is 7.09. The smallest absolute Gasteiger partial charge is 0.355 e. The van der Waals surface area contributed by atoms with E-state index in [2.05, 4.69) is 20.3 Å². The van der Waals surface area contributed by atoms with Crippen LogP contribution in [0.15, 0.2) is 17.9 Å². The van der Waals surface area contributed by atoms with E-state index >= 15 is 0 Å². The lowest BCUT2D eigenvalue weighted by Gasteiger charge is -2.00. The standard InChI is InChI=1S/C10H10N4O3S/c15-9(6-3-11-5-13-6)12-2-1-8-14-7(4-18-8)10(16)17/h3-5H,1-2H2,(H,11,13)(H,12,15)(H,16,17). The van der Waals surface area contributed by atoms with Crippen molar-refractivity contribution in [2.75, 3.05) is 6.54 Å². The molecule has 7 nitrogen and oxygen atoms in total. The van der Waals surface area contributed by atoms with Crippen LogP contribution >= 0.6 is 11.3 Å². The summed E-state index contributed by atoms with van der Waals surface area (Å²) < 4.78 is 0. The van der Waals surface area contributed by atoms with E-state index < -0.39 is 5.97 Å². The van der Waals surface area contributed by atoms with Crippen molar-refractivity contribution in [1.82, 2.24) is 20.3 Å². The summed E-state index contributed by atoms with van der Waals surface area (Å²) >= 11 is 1.26. The van der Waals surface area contributed by atoms with Crippen LogP contribution < -0.4 is 5.32 Å². The van der Waals surface area contributed by atoms with Gasteiger partial charge in [0.2, 0.25) is 0 Å². The van der Waals surface area contributed by atoms with Crippen molar-refractivity contribution in [3.63, 3.8) is 0 Å². The van der Waals surface area contributed by atoms with Gasteiger partial charge in [-0.3, -0.25) is 4.79 Å². The van der Waals surface area contributed by atoms with Gasteiger partial charge in [0.05, 0.1) is 17.5 Å². The van der Waals surface area contributed by atoms with Crippen molar-refractivity contribution in [2.45, 2.75) is 6.42 Å². The van der Waals surface area contributed by atoms with Gasteiger partial charge in [0.15, 0.2) is 5.69 Å². The number of carboxylic acids is 1. The molecule has 0 fully saturated rings. The van der Waals surface area contributed by atoms with E-state index in [0.717, 1.165) is 0 Å². The van der Waals surface area contributed by atoms with E-state index in [1.54, 1.807) is 0 Å². The molecule has 2 rings (SSSR count). The van der Waals surface area contributed by atoms with Crippen LogP contribution in [-0.2, 0) is 6.42 Å². The monoisotopic (exact) mass is 266 g/mol. The molecular formula is C10H10N4O3S. The predicted octanol–water partition coefficient (Wildman–Crippen LogP) is 0.537. The van der Waals surface area contributed by atoms with Gasteiger partial charge >= 0.3 is 5.97 Å². The molecule has 2 aromatic heterocycles. The summed E-state index contributed by atoms with van der Waals surface area (Å²) in [7, 11) is 0. The fourth-order valence-corrected chi connectivity index (χ4v) is 2.05. The molecule has 0 aliphatic carbocycles. The van der Waals surface area contributed by atoms with Crippen molar-refractivity contribution < 1.29 is 14.7 Å². The molecule has 2 aromatic rings. The number of aromatic carboxylic acids is 1. The van der Waals surface area contributed by atoms with Crippen LogP contribution in [0.1, 0.15) is 26.0 Å². The number of H-pyrrole nitrogens is 1. The van der Waals surface area contributed by atoms with Gasteiger partial charge < -0.3 is 15.4 Å². The fraction of sp³-hybridized carbons (Fsp3) is 0.200. The zero-order valence-electron chi connectivity index (χ0n) is 9.21. The fourth-order valence-electron chi connectivity index (χ4n) is 1.28. The summed E-state index contributed by atoms with van der Waals surface area (Å²) in [5, 5.41) is 13.5. The van der Waals surface area contributed by atoms with Crippen LogP contribution in [0.2, 0.25) is 0 Å². The molecule has 1 amide bonds. The average molecular weight is 266 g/mol. The van der Waals surface area contributed by atoms with Crippen LogP contribution in [0.25, 0.3) is 0 Å². The highest BCUT2D eigenvalue weighted by atomic mass is 32.1. The molecule has 0 bridgehead atoms. The highest BCUT2D eigenvalue weighted by Gasteiger charge is 2.09. The third kappa shape index (κ3) is 2.92. The Labute approximate surface area is 106 Å². The quantitative estimate of drug-likeness (QED) is 0.732. The van der Waals surface area contributed by atoms with Crippen molar-refractivity contribution in [3.8, 4) is 0 Å². The number of nitrogens with one attached hydrogen (secondary N) is 2. The first-order valence-electron chi connectivity index (χ1n) is 5.11. The van der Waals surface area contributed by atoms with Gasteiger partial charge in [0.25, 0.3) is 5.91 Å². The van der Waals surface area contributed by atoms with E-state index in [-0.39, 0.29) is 11.6 Å². The Bertz CT molecular complexity index is 549. The van der Waals surface area contributed by atoms with Crippen LogP contribution in [0.5, 0.6) is 0 Å². The van der Waals surface area contributed by atoms with Gasteiger partial charge in [-0.05, 0) is 0 Å². The first-order chi connectivity index (χ1) is 8.66. The Balaban J connectivity index is 1.81. The van der Waals surface area contributed by atoms with Gasteiger partial charge in [-0.25, -0.2) is 14.8 Å². The highest BCUT2D eigenvalue weighted by Crippen LogP contribution is 2.09. The lowest BCUT2D eigenvalue weighted by atomic mass is 10.4. The molecule has 2 heterocycles. The Kier molecular flexibility index (Phi) is 3.68. The molecule has 8 heteroatoms. The second-order valence-electron chi connectivity index (χ2n) is 3.40.